The van der Waals surface area contributed by atoms with Gasteiger partial charge in [-0.2, -0.15) is 5.10 Å². The second-order valence-electron chi connectivity index (χ2n) is 7.52. The van der Waals surface area contributed by atoms with Gasteiger partial charge in [-0.05, 0) is 48.9 Å². The fraction of sp³-hybridized carbons (Fsp3) is 0.160. The van der Waals surface area contributed by atoms with Crippen LogP contribution in [-0.2, 0) is 16.0 Å². The maximum Gasteiger partial charge on any atom is 0.262 e. The molecule has 35 heavy (non-hydrogen) atoms. The number of nitrogens with one attached hydrogen (secondary N) is 2. The van der Waals surface area contributed by atoms with Crippen molar-refractivity contribution in [2.45, 2.75) is 25.5 Å². The van der Waals surface area contributed by atoms with Crippen molar-refractivity contribution in [1.82, 2.24) is 10.7 Å². The van der Waals surface area contributed by atoms with Crippen LogP contribution in [0, 0.1) is 0 Å². The Labute approximate surface area is 221 Å². The Morgan fingerprint density at radius 3 is 2.54 bits per heavy atom. The van der Waals surface area contributed by atoms with Gasteiger partial charge in [-0.15, -0.1) is 0 Å². The summed E-state index contributed by atoms with van der Waals surface area (Å²) in [7, 11) is 0. The van der Waals surface area contributed by atoms with E-state index in [0.717, 1.165) is 10.0 Å². The van der Waals surface area contributed by atoms with E-state index < -0.39 is 24.0 Å². The van der Waals surface area contributed by atoms with Gasteiger partial charge in [-0.1, -0.05) is 69.5 Å². The quantitative estimate of drug-likeness (QED) is 0.243. The predicted molar refractivity (Wildman–Crippen MR) is 140 cm³/mol. The molecule has 0 bridgehead atoms. The van der Waals surface area contributed by atoms with Crippen molar-refractivity contribution >= 4 is 57.2 Å². The average molecular weight is 579 g/mol. The minimum absolute atomic E-state index is 0.00664. The molecule has 3 N–H and O–H groups in total. The number of carbonyl (C=O) groups is 2. The molecule has 0 aromatic heterocycles. The number of aromatic hydroxyl groups is 1. The van der Waals surface area contributed by atoms with Crippen molar-refractivity contribution < 1.29 is 19.4 Å². The summed E-state index contributed by atoms with van der Waals surface area (Å²) in [4.78, 5) is 25.8. The van der Waals surface area contributed by atoms with Gasteiger partial charge in [-0.25, -0.2) is 5.43 Å². The molecule has 0 spiro atoms. The van der Waals surface area contributed by atoms with Gasteiger partial charge in [0.15, 0.2) is 6.10 Å². The van der Waals surface area contributed by atoms with Gasteiger partial charge in [0, 0.05) is 21.5 Å². The maximum atomic E-state index is 12.9. The van der Waals surface area contributed by atoms with E-state index in [1.807, 2.05) is 30.3 Å². The Hall–Kier alpha value is -3.07. The van der Waals surface area contributed by atoms with E-state index in [2.05, 4.69) is 31.8 Å². The number of ether oxygens (including phenoxy) is 1. The lowest BCUT2D eigenvalue weighted by atomic mass is 10.1. The SMILES string of the molecule is C[C@@H](Oc1ccc(Cl)cc1Cl)C(=O)N[C@H](Cc1ccccc1)C(=O)N/N=C\c1cc(Br)ccc1O. The molecule has 182 valence electrons. The smallest absolute Gasteiger partial charge is 0.262 e. The highest BCUT2D eigenvalue weighted by atomic mass is 79.9. The summed E-state index contributed by atoms with van der Waals surface area (Å²) in [5.74, 6) is -0.751. The molecule has 0 unspecified atom stereocenters. The number of phenols is 1. The standard InChI is InChI=1S/C25H22BrCl2N3O4/c1-15(35-23-10-8-19(27)13-20(23)28)24(33)30-21(11-16-5-3-2-4-6-16)25(34)31-29-14-17-12-18(26)7-9-22(17)32/h2-10,12-15,21,32H,11H2,1H3,(H,30,33)(H,31,34)/b29-14-/t15-,21-/m1/s1. The minimum atomic E-state index is -0.943. The van der Waals surface area contributed by atoms with Gasteiger partial charge in [0.1, 0.15) is 17.5 Å². The molecule has 0 saturated heterocycles. The molecule has 3 aromatic rings. The topological polar surface area (TPSA) is 100 Å². The van der Waals surface area contributed by atoms with Crippen molar-refractivity contribution in [3.8, 4) is 11.5 Å². The number of carbonyl (C=O) groups excluding carboxylic acids is 2. The monoisotopic (exact) mass is 577 g/mol. The van der Waals surface area contributed by atoms with Crippen LogP contribution in [0.15, 0.2) is 76.3 Å². The molecule has 0 aliphatic rings. The first-order valence-electron chi connectivity index (χ1n) is 10.5. The molecule has 0 saturated carbocycles. The lowest BCUT2D eigenvalue weighted by molar-refractivity contribution is -0.132. The van der Waals surface area contributed by atoms with E-state index >= 15 is 0 Å². The number of benzene rings is 3. The second-order valence-corrected chi connectivity index (χ2v) is 9.28. The maximum absolute atomic E-state index is 12.9. The third-order valence-electron chi connectivity index (χ3n) is 4.85. The number of nitrogens with zero attached hydrogens (tertiary/aromatic N) is 1. The Balaban J connectivity index is 1.70. The Kier molecular flexibility index (Phi) is 9.54. The fourth-order valence-corrected chi connectivity index (χ4v) is 3.87. The van der Waals surface area contributed by atoms with Crippen LogP contribution in [0.25, 0.3) is 0 Å². The number of rotatable bonds is 9. The Morgan fingerprint density at radius 2 is 1.83 bits per heavy atom. The summed E-state index contributed by atoms with van der Waals surface area (Å²) in [5, 5.41) is 17.3. The zero-order valence-electron chi connectivity index (χ0n) is 18.5. The molecule has 2 atom stereocenters. The second kappa shape index (κ2) is 12.6. The zero-order valence-corrected chi connectivity index (χ0v) is 21.6. The van der Waals surface area contributed by atoms with Crippen molar-refractivity contribution in [2.75, 3.05) is 0 Å². The molecular formula is C25H22BrCl2N3O4. The number of halogens is 3. The highest BCUT2D eigenvalue weighted by Crippen LogP contribution is 2.28. The van der Waals surface area contributed by atoms with Gasteiger partial charge in [-0.3, -0.25) is 9.59 Å². The third-order valence-corrected chi connectivity index (χ3v) is 5.87. The number of hydrogen-bond acceptors (Lipinski definition) is 5. The van der Waals surface area contributed by atoms with E-state index in [9.17, 15) is 14.7 Å². The summed E-state index contributed by atoms with van der Waals surface area (Å²) < 4.78 is 6.40. The first-order valence-corrected chi connectivity index (χ1v) is 12.0. The molecule has 2 amide bonds. The van der Waals surface area contributed by atoms with Crippen LogP contribution in [0.2, 0.25) is 10.0 Å². The normalized spacial score (nSPS) is 12.7. The lowest BCUT2D eigenvalue weighted by Crippen LogP contribution is -2.50. The van der Waals surface area contributed by atoms with E-state index in [1.165, 1.54) is 18.3 Å². The highest BCUT2D eigenvalue weighted by Gasteiger charge is 2.25. The molecule has 0 aliphatic heterocycles. The largest absolute Gasteiger partial charge is 0.507 e. The first-order chi connectivity index (χ1) is 16.7. The molecule has 3 aromatic carbocycles. The van der Waals surface area contributed by atoms with Crippen LogP contribution >= 0.6 is 39.1 Å². The number of hydrazone groups is 1. The van der Waals surface area contributed by atoms with Crippen molar-refractivity contribution in [3.63, 3.8) is 0 Å². The molecule has 0 fully saturated rings. The zero-order chi connectivity index (χ0) is 25.4. The van der Waals surface area contributed by atoms with Crippen molar-refractivity contribution in [2.24, 2.45) is 5.10 Å². The van der Waals surface area contributed by atoms with Crippen LogP contribution in [-0.4, -0.2) is 35.3 Å². The van der Waals surface area contributed by atoms with E-state index in [0.29, 0.717) is 16.3 Å². The fourth-order valence-electron chi connectivity index (χ4n) is 3.04. The molecule has 0 aliphatic carbocycles. The van der Waals surface area contributed by atoms with Crippen LogP contribution in [0.4, 0.5) is 0 Å². The van der Waals surface area contributed by atoms with Crippen LogP contribution < -0.4 is 15.5 Å². The van der Waals surface area contributed by atoms with E-state index in [-0.39, 0.29) is 17.2 Å². The number of amides is 2. The first kappa shape index (κ1) is 26.5. The predicted octanol–water partition coefficient (Wildman–Crippen LogP) is 5.11. The molecule has 3 rings (SSSR count). The number of hydrogen-bond donors (Lipinski definition) is 3. The van der Waals surface area contributed by atoms with Crippen LogP contribution in [0.3, 0.4) is 0 Å². The summed E-state index contributed by atoms with van der Waals surface area (Å²) in [6.07, 6.45) is 0.597. The number of phenolic OH excluding ortho intramolecular Hbond substituents is 1. The van der Waals surface area contributed by atoms with Gasteiger partial charge >= 0.3 is 0 Å². The van der Waals surface area contributed by atoms with Gasteiger partial charge < -0.3 is 15.2 Å². The van der Waals surface area contributed by atoms with Gasteiger partial charge in [0.05, 0.1) is 11.2 Å². The summed E-state index contributed by atoms with van der Waals surface area (Å²) in [5.41, 5.74) is 3.67. The van der Waals surface area contributed by atoms with Gasteiger partial charge in [0.2, 0.25) is 0 Å². The highest BCUT2D eigenvalue weighted by molar-refractivity contribution is 9.10. The molecule has 0 heterocycles. The van der Waals surface area contributed by atoms with E-state index in [1.54, 1.807) is 31.2 Å². The minimum Gasteiger partial charge on any atom is -0.507 e. The summed E-state index contributed by atoms with van der Waals surface area (Å²) in [6, 6.07) is 17.8. The van der Waals surface area contributed by atoms with E-state index in [4.69, 9.17) is 27.9 Å². The molecule has 0 radical (unpaired) electrons. The Bertz CT molecular complexity index is 1220. The lowest BCUT2D eigenvalue weighted by Gasteiger charge is -2.21. The molecular weight excluding hydrogens is 557 g/mol. The third kappa shape index (κ3) is 7.99. The molecule has 7 nitrogen and oxygen atoms in total. The Morgan fingerprint density at radius 1 is 1.09 bits per heavy atom. The van der Waals surface area contributed by atoms with Gasteiger partial charge in [0.25, 0.3) is 11.8 Å². The summed E-state index contributed by atoms with van der Waals surface area (Å²) >= 11 is 15.3. The van der Waals surface area contributed by atoms with Crippen LogP contribution in [0.5, 0.6) is 11.5 Å². The van der Waals surface area contributed by atoms with Crippen molar-refractivity contribution in [3.05, 3.63) is 92.4 Å². The van der Waals surface area contributed by atoms with Crippen molar-refractivity contribution in [1.29, 1.82) is 0 Å². The summed E-state index contributed by atoms with van der Waals surface area (Å²) in [6.45, 7) is 1.55. The van der Waals surface area contributed by atoms with Crippen LogP contribution in [0.1, 0.15) is 18.1 Å². The average Bonchev–Trinajstić information content (AvgIpc) is 2.83. The molecule has 10 heteroatoms.